The van der Waals surface area contributed by atoms with Crippen LogP contribution in [0, 0.1) is 45.8 Å². The highest BCUT2D eigenvalue weighted by atomic mass is 16.3. The molecule has 0 aromatic rings. The Morgan fingerprint density at radius 3 is 1.88 bits per heavy atom. The molecule has 180 valence electrons. The van der Waals surface area contributed by atoms with E-state index in [2.05, 4.69) is 39.5 Å². The molecule has 0 radical (unpaired) electrons. The van der Waals surface area contributed by atoms with Gasteiger partial charge in [-0.1, -0.05) is 56.2 Å². The van der Waals surface area contributed by atoms with E-state index < -0.39 is 0 Å². The fourth-order valence-corrected chi connectivity index (χ4v) is 8.84. The number of allylic oxidation sites excluding steroid dienone is 3. The summed E-state index contributed by atoms with van der Waals surface area (Å²) in [5.74, 6) is 4.86. The van der Waals surface area contributed by atoms with Gasteiger partial charge in [0.1, 0.15) is 0 Å². The molecule has 0 amide bonds. The zero-order valence-electron chi connectivity index (χ0n) is 21.4. The van der Waals surface area contributed by atoms with Crippen LogP contribution in [-0.4, -0.2) is 23.4 Å². The van der Waals surface area contributed by atoms with Crippen LogP contribution in [0.5, 0.6) is 0 Å². The SMILES string of the molecule is C=C1[C@@H]2CC[C@@H](C2)[C@@]1(C)CCC=C(C)CO.CC(=CCC[C@]1(C)C2CC3[C@H](C2)C31C)CO. The number of fused-ring (bicyclic) bond motifs is 2. The van der Waals surface area contributed by atoms with Crippen molar-refractivity contribution < 1.29 is 10.2 Å². The molecule has 6 rings (SSSR count). The molecule has 0 aliphatic heterocycles. The summed E-state index contributed by atoms with van der Waals surface area (Å²) in [6.45, 7) is 16.3. The number of hydrogen-bond donors (Lipinski definition) is 2. The lowest BCUT2D eigenvalue weighted by atomic mass is 9.69. The van der Waals surface area contributed by atoms with Gasteiger partial charge < -0.3 is 10.2 Å². The Kier molecular flexibility index (Phi) is 6.62. The highest BCUT2D eigenvalue weighted by Crippen LogP contribution is 2.87. The molecule has 6 saturated carbocycles. The van der Waals surface area contributed by atoms with E-state index in [1.54, 1.807) is 0 Å². The van der Waals surface area contributed by atoms with Gasteiger partial charge in [0.2, 0.25) is 0 Å². The van der Waals surface area contributed by atoms with Crippen molar-refractivity contribution >= 4 is 0 Å². The van der Waals surface area contributed by atoms with Crippen LogP contribution in [0.25, 0.3) is 0 Å². The van der Waals surface area contributed by atoms with Gasteiger partial charge in [-0.15, -0.1) is 0 Å². The molecular formula is C30H48O2. The Bertz CT molecular complexity index is 779. The van der Waals surface area contributed by atoms with Gasteiger partial charge >= 0.3 is 0 Å². The molecular weight excluding hydrogens is 392 g/mol. The minimum atomic E-state index is 0.198. The van der Waals surface area contributed by atoms with Crippen LogP contribution in [0.2, 0.25) is 0 Å². The fraction of sp³-hybridized carbons (Fsp3) is 0.800. The average molecular weight is 441 g/mol. The van der Waals surface area contributed by atoms with E-state index in [0.717, 1.165) is 53.6 Å². The second kappa shape index (κ2) is 8.73. The van der Waals surface area contributed by atoms with Crippen LogP contribution in [0.4, 0.5) is 0 Å². The highest BCUT2D eigenvalue weighted by molar-refractivity contribution is 5.29. The van der Waals surface area contributed by atoms with E-state index in [9.17, 15) is 0 Å². The molecule has 2 N–H and O–H groups in total. The summed E-state index contributed by atoms with van der Waals surface area (Å²) < 4.78 is 0. The van der Waals surface area contributed by atoms with Crippen molar-refractivity contribution in [2.75, 3.05) is 13.2 Å². The van der Waals surface area contributed by atoms with Crippen LogP contribution in [-0.2, 0) is 0 Å². The Labute approximate surface area is 197 Å². The monoisotopic (exact) mass is 440 g/mol. The van der Waals surface area contributed by atoms with Gasteiger partial charge in [-0.25, -0.2) is 0 Å². The number of aliphatic hydroxyl groups excluding tert-OH is 2. The van der Waals surface area contributed by atoms with Gasteiger partial charge in [0.05, 0.1) is 13.2 Å². The van der Waals surface area contributed by atoms with Gasteiger partial charge in [-0.05, 0) is 117 Å². The first-order valence-corrected chi connectivity index (χ1v) is 13.3. The number of aliphatic hydroxyl groups is 2. The Morgan fingerprint density at radius 1 is 0.875 bits per heavy atom. The molecule has 0 spiro atoms. The summed E-state index contributed by atoms with van der Waals surface area (Å²) in [6.07, 6.45) is 16.4. The summed E-state index contributed by atoms with van der Waals surface area (Å²) in [6, 6.07) is 0. The van der Waals surface area contributed by atoms with Crippen molar-refractivity contribution in [3.63, 3.8) is 0 Å². The standard InChI is InChI=1S/2C15H24O/c1-10(9-16)5-4-6-14(2)11-7-12-13(8-11)15(12,14)3;1-11(10-16)5-4-8-15(3)12(2)13-6-7-14(15)9-13/h5,11-13,16H,4,6-9H2,1-3H3;5,13-14,16H,2,4,6-10H2,1,3H3/t11?,12-,13?,14+,15?;13-,14+,15+/m01/s1. The minimum Gasteiger partial charge on any atom is -0.392 e. The molecule has 0 aromatic heterocycles. The zero-order chi connectivity index (χ0) is 23.3. The first-order chi connectivity index (χ1) is 15.1. The summed E-state index contributed by atoms with van der Waals surface area (Å²) in [5.41, 5.74) is 5.42. The third-order valence-corrected chi connectivity index (χ3v) is 11.5. The van der Waals surface area contributed by atoms with E-state index >= 15 is 0 Å². The maximum atomic E-state index is 8.99. The Morgan fingerprint density at radius 2 is 1.44 bits per heavy atom. The van der Waals surface area contributed by atoms with E-state index in [0.29, 0.717) is 16.2 Å². The number of rotatable bonds is 8. The molecule has 0 aromatic carbocycles. The van der Waals surface area contributed by atoms with Gasteiger partial charge in [0.25, 0.3) is 0 Å². The Balaban J connectivity index is 0.000000153. The average Bonchev–Trinajstić information content (AvgIpc) is 3.36. The predicted molar refractivity (Wildman–Crippen MR) is 134 cm³/mol. The van der Waals surface area contributed by atoms with Crippen LogP contribution < -0.4 is 0 Å². The van der Waals surface area contributed by atoms with Gasteiger partial charge in [0.15, 0.2) is 0 Å². The highest BCUT2D eigenvalue weighted by Gasteiger charge is 2.80. The second-order valence-corrected chi connectivity index (χ2v) is 12.7. The van der Waals surface area contributed by atoms with E-state index in [-0.39, 0.29) is 13.2 Å². The summed E-state index contributed by atoms with van der Waals surface area (Å²) in [7, 11) is 0. The maximum absolute atomic E-state index is 8.99. The van der Waals surface area contributed by atoms with Crippen molar-refractivity contribution in [3.8, 4) is 0 Å². The molecule has 8 atom stereocenters. The third-order valence-electron chi connectivity index (χ3n) is 11.5. The maximum Gasteiger partial charge on any atom is 0.0639 e. The van der Waals surface area contributed by atoms with E-state index in [1.807, 2.05) is 13.8 Å². The van der Waals surface area contributed by atoms with Crippen molar-refractivity contribution in [2.45, 2.75) is 92.4 Å². The molecule has 0 saturated heterocycles. The van der Waals surface area contributed by atoms with Gasteiger partial charge in [0, 0.05) is 0 Å². The summed E-state index contributed by atoms with van der Waals surface area (Å²) in [5, 5.41) is 18.0. The lowest BCUT2D eigenvalue weighted by Gasteiger charge is -2.36. The molecule has 6 bridgehead atoms. The molecule has 6 aliphatic rings. The smallest absolute Gasteiger partial charge is 0.0639 e. The van der Waals surface area contributed by atoms with E-state index in [1.165, 1.54) is 50.5 Å². The Hall–Kier alpha value is -0.860. The molecule has 3 unspecified atom stereocenters. The topological polar surface area (TPSA) is 40.5 Å². The summed E-state index contributed by atoms with van der Waals surface area (Å²) in [4.78, 5) is 0. The first kappa shape index (κ1) is 24.3. The number of hydrogen-bond acceptors (Lipinski definition) is 2. The van der Waals surface area contributed by atoms with Gasteiger partial charge in [-0.2, -0.15) is 0 Å². The predicted octanol–water partition coefficient (Wildman–Crippen LogP) is 7.09. The molecule has 0 heterocycles. The lowest BCUT2D eigenvalue weighted by molar-refractivity contribution is 0.154. The van der Waals surface area contributed by atoms with E-state index in [4.69, 9.17) is 10.2 Å². The molecule has 2 heteroatoms. The van der Waals surface area contributed by atoms with Crippen LogP contribution in [0.1, 0.15) is 92.4 Å². The molecule has 6 fully saturated rings. The van der Waals surface area contributed by atoms with Crippen LogP contribution in [0.3, 0.4) is 0 Å². The van der Waals surface area contributed by atoms with Crippen molar-refractivity contribution in [1.82, 2.24) is 0 Å². The first-order valence-electron chi connectivity index (χ1n) is 13.3. The molecule has 2 nitrogen and oxygen atoms in total. The largest absolute Gasteiger partial charge is 0.392 e. The van der Waals surface area contributed by atoms with Crippen molar-refractivity contribution in [3.05, 3.63) is 35.5 Å². The van der Waals surface area contributed by atoms with Crippen LogP contribution in [0.15, 0.2) is 35.5 Å². The van der Waals surface area contributed by atoms with Crippen molar-refractivity contribution in [1.29, 1.82) is 0 Å². The lowest BCUT2D eigenvalue weighted by Crippen LogP contribution is -2.26. The second-order valence-electron chi connectivity index (χ2n) is 12.7. The van der Waals surface area contributed by atoms with Gasteiger partial charge in [-0.3, -0.25) is 0 Å². The normalized spacial score (nSPS) is 46.0. The fourth-order valence-electron chi connectivity index (χ4n) is 8.84. The third kappa shape index (κ3) is 3.68. The molecule has 6 aliphatic carbocycles. The zero-order valence-corrected chi connectivity index (χ0v) is 21.4. The van der Waals surface area contributed by atoms with Crippen LogP contribution >= 0.6 is 0 Å². The quantitative estimate of drug-likeness (QED) is 0.396. The minimum absolute atomic E-state index is 0.198. The summed E-state index contributed by atoms with van der Waals surface area (Å²) >= 11 is 0. The van der Waals surface area contributed by atoms with Crippen molar-refractivity contribution in [2.24, 2.45) is 45.8 Å². The molecule has 32 heavy (non-hydrogen) atoms.